The standard InChI is InChI=1S/C14H15F3N6O5S3/c1-22-12(19-20-21-22)30-4-6-3-29-11-13(28-2,10(27)23(11)8(6)9(25)26)18-7(24)5-31-14(15,16)17/h11H,3-5H2,1-2H3,(H,18,24)(H,25,26)/t11-,13+/m1/s1. The summed E-state index contributed by atoms with van der Waals surface area (Å²) in [5.41, 5.74) is -6.39. The van der Waals surface area contributed by atoms with Crippen molar-refractivity contribution < 1.29 is 37.4 Å². The van der Waals surface area contributed by atoms with E-state index >= 15 is 0 Å². The molecule has 1 fully saturated rings. The van der Waals surface area contributed by atoms with Gasteiger partial charge < -0.3 is 15.2 Å². The number of carbonyl (C=O) groups is 3. The quantitative estimate of drug-likeness (QED) is 0.289. The predicted octanol–water partition coefficient (Wildman–Crippen LogP) is 0.268. The first-order valence-electron chi connectivity index (χ1n) is 8.32. The molecule has 2 aliphatic heterocycles. The van der Waals surface area contributed by atoms with E-state index in [0.717, 1.165) is 23.8 Å². The van der Waals surface area contributed by atoms with Crippen LogP contribution in [0.25, 0.3) is 0 Å². The third kappa shape index (κ3) is 4.63. The minimum atomic E-state index is -4.61. The molecule has 1 aromatic heterocycles. The number of tetrazole rings is 1. The van der Waals surface area contributed by atoms with Gasteiger partial charge in [0, 0.05) is 25.7 Å². The minimum absolute atomic E-state index is 0.187. The van der Waals surface area contributed by atoms with Gasteiger partial charge in [0.15, 0.2) is 0 Å². The molecule has 3 rings (SSSR count). The number of carboxylic acids is 1. The fourth-order valence-electron chi connectivity index (χ4n) is 2.94. The molecular weight excluding hydrogens is 485 g/mol. The lowest BCUT2D eigenvalue weighted by atomic mass is 9.98. The first-order chi connectivity index (χ1) is 14.5. The molecule has 0 aliphatic carbocycles. The Balaban J connectivity index is 1.77. The van der Waals surface area contributed by atoms with E-state index in [9.17, 15) is 32.7 Å². The zero-order chi connectivity index (χ0) is 23.0. The van der Waals surface area contributed by atoms with E-state index in [2.05, 4.69) is 20.8 Å². The van der Waals surface area contributed by atoms with Gasteiger partial charge in [0.05, 0.1) is 5.75 Å². The van der Waals surface area contributed by atoms with E-state index in [4.69, 9.17) is 4.74 Å². The number of alkyl halides is 3. The molecule has 1 aromatic rings. The van der Waals surface area contributed by atoms with Crippen molar-refractivity contribution in [3.8, 4) is 0 Å². The summed E-state index contributed by atoms with van der Waals surface area (Å²) >= 11 is 1.75. The molecule has 11 nitrogen and oxygen atoms in total. The van der Waals surface area contributed by atoms with Crippen LogP contribution >= 0.6 is 35.3 Å². The van der Waals surface area contributed by atoms with Crippen LogP contribution in [0.15, 0.2) is 16.4 Å². The number of nitrogens with one attached hydrogen (secondary N) is 1. The van der Waals surface area contributed by atoms with Gasteiger partial charge in [-0.2, -0.15) is 13.2 Å². The molecular formula is C14H15F3N6O5S3. The highest BCUT2D eigenvalue weighted by molar-refractivity contribution is 8.01. The van der Waals surface area contributed by atoms with Gasteiger partial charge >= 0.3 is 11.5 Å². The van der Waals surface area contributed by atoms with Gasteiger partial charge in [0.2, 0.25) is 11.1 Å². The van der Waals surface area contributed by atoms with E-state index in [-0.39, 0.29) is 17.2 Å². The number of nitrogens with zero attached hydrogens (tertiary/aromatic N) is 5. The van der Waals surface area contributed by atoms with Crippen molar-refractivity contribution in [1.29, 1.82) is 0 Å². The number of fused-ring (bicyclic) bond motifs is 1. The molecule has 0 bridgehead atoms. The summed E-state index contributed by atoms with van der Waals surface area (Å²) in [6.45, 7) is 0. The van der Waals surface area contributed by atoms with Crippen molar-refractivity contribution in [3.63, 3.8) is 0 Å². The number of thioether (sulfide) groups is 3. The molecule has 31 heavy (non-hydrogen) atoms. The van der Waals surface area contributed by atoms with Crippen LogP contribution in [0, 0.1) is 0 Å². The molecule has 3 heterocycles. The Labute approximate surface area is 185 Å². The van der Waals surface area contributed by atoms with Crippen LogP contribution in [0.1, 0.15) is 0 Å². The summed E-state index contributed by atoms with van der Waals surface area (Å²) in [5.74, 6) is -3.88. The first kappa shape index (κ1) is 23.7. The maximum absolute atomic E-state index is 12.8. The van der Waals surface area contributed by atoms with Crippen molar-refractivity contribution in [3.05, 3.63) is 11.3 Å². The third-order valence-electron chi connectivity index (χ3n) is 4.28. The van der Waals surface area contributed by atoms with Gasteiger partial charge in [-0.1, -0.05) is 11.8 Å². The lowest BCUT2D eigenvalue weighted by Gasteiger charge is -2.55. The van der Waals surface area contributed by atoms with Crippen molar-refractivity contribution in [1.82, 2.24) is 30.4 Å². The Morgan fingerprint density at radius 3 is 2.71 bits per heavy atom. The Kier molecular flexibility index (Phi) is 6.78. The van der Waals surface area contributed by atoms with Crippen molar-refractivity contribution in [2.45, 2.75) is 21.8 Å². The lowest BCUT2D eigenvalue weighted by molar-refractivity contribution is -0.192. The molecule has 2 atom stereocenters. The molecule has 0 saturated carbocycles. The molecule has 0 radical (unpaired) electrons. The van der Waals surface area contributed by atoms with Gasteiger partial charge in [0.1, 0.15) is 11.1 Å². The maximum atomic E-state index is 12.8. The number of halogens is 3. The summed E-state index contributed by atoms with van der Waals surface area (Å²) in [5, 5.41) is 22.3. The van der Waals surface area contributed by atoms with E-state index in [1.54, 1.807) is 7.05 Å². The molecule has 1 saturated heterocycles. The summed E-state index contributed by atoms with van der Waals surface area (Å²) in [6.07, 6.45) is 0. The Morgan fingerprint density at radius 1 is 1.45 bits per heavy atom. The number of hydrogen-bond donors (Lipinski definition) is 2. The maximum Gasteiger partial charge on any atom is 0.442 e. The number of methoxy groups -OCH3 is 1. The van der Waals surface area contributed by atoms with Crippen LogP contribution in [0.3, 0.4) is 0 Å². The molecule has 0 aromatic carbocycles. The van der Waals surface area contributed by atoms with Gasteiger partial charge in [-0.05, 0) is 27.8 Å². The van der Waals surface area contributed by atoms with Crippen LogP contribution in [0.5, 0.6) is 0 Å². The molecule has 0 spiro atoms. The Hall–Kier alpha value is -1.98. The van der Waals surface area contributed by atoms with Crippen molar-refractivity contribution in [2.75, 3.05) is 24.4 Å². The molecule has 17 heteroatoms. The summed E-state index contributed by atoms with van der Waals surface area (Å²) in [4.78, 5) is 37.7. The van der Waals surface area contributed by atoms with E-state index < -0.39 is 51.9 Å². The van der Waals surface area contributed by atoms with Crippen LogP contribution in [0.4, 0.5) is 13.2 Å². The molecule has 170 valence electrons. The fourth-order valence-corrected chi connectivity index (χ4v) is 5.73. The minimum Gasteiger partial charge on any atom is -0.477 e. The van der Waals surface area contributed by atoms with Crippen molar-refractivity contribution >= 4 is 53.1 Å². The number of carbonyl (C=O) groups excluding carboxylic acids is 2. The van der Waals surface area contributed by atoms with E-state index in [1.165, 1.54) is 16.4 Å². The zero-order valence-corrected chi connectivity index (χ0v) is 18.3. The largest absolute Gasteiger partial charge is 0.477 e. The SMILES string of the molecule is CO[C@@]1(NC(=O)CSC(F)(F)F)C(=O)N2C(C(=O)O)=C(CSc3nnnn3C)CS[C@@H]21. The van der Waals surface area contributed by atoms with Gasteiger partial charge in [-0.15, -0.1) is 16.9 Å². The van der Waals surface area contributed by atoms with E-state index in [0.29, 0.717) is 10.7 Å². The molecule has 2 N–H and O–H groups in total. The summed E-state index contributed by atoms with van der Waals surface area (Å²) < 4.78 is 43.6. The second-order valence-electron chi connectivity index (χ2n) is 6.19. The van der Waals surface area contributed by atoms with E-state index in [1.807, 2.05) is 0 Å². The highest BCUT2D eigenvalue weighted by atomic mass is 32.2. The number of ether oxygens (including phenoxy) is 1. The van der Waals surface area contributed by atoms with Crippen LogP contribution in [0.2, 0.25) is 0 Å². The van der Waals surface area contributed by atoms with Gasteiger partial charge in [0.25, 0.3) is 11.6 Å². The van der Waals surface area contributed by atoms with Gasteiger partial charge in [-0.3, -0.25) is 14.5 Å². The molecule has 0 unspecified atom stereocenters. The second kappa shape index (κ2) is 8.87. The number of carboxylic acid groups (broad SMARTS) is 1. The fraction of sp³-hybridized carbons (Fsp3) is 0.571. The average Bonchev–Trinajstić information content (AvgIpc) is 3.11. The van der Waals surface area contributed by atoms with Gasteiger partial charge in [-0.25, -0.2) is 9.48 Å². The number of β-lactam (4-membered cyclic amide) rings is 1. The monoisotopic (exact) mass is 500 g/mol. The van der Waals surface area contributed by atoms with Crippen molar-refractivity contribution in [2.24, 2.45) is 7.05 Å². The van der Waals surface area contributed by atoms with Crippen LogP contribution < -0.4 is 5.32 Å². The number of amides is 2. The number of aryl methyl sites for hydroxylation is 1. The van der Waals surface area contributed by atoms with Crippen LogP contribution in [-0.4, -0.2) is 89.0 Å². The zero-order valence-electron chi connectivity index (χ0n) is 15.9. The highest BCUT2D eigenvalue weighted by Crippen LogP contribution is 2.47. The van der Waals surface area contributed by atoms with Crippen LogP contribution in [-0.2, 0) is 26.2 Å². The smallest absolute Gasteiger partial charge is 0.442 e. The highest BCUT2D eigenvalue weighted by Gasteiger charge is 2.66. The third-order valence-corrected chi connectivity index (χ3v) is 7.49. The Bertz CT molecular complexity index is 941. The number of aromatic nitrogens is 4. The second-order valence-corrected chi connectivity index (χ2v) is 9.24. The summed E-state index contributed by atoms with van der Waals surface area (Å²) in [7, 11) is 2.73. The molecule has 2 amide bonds. The number of hydrogen-bond acceptors (Lipinski definition) is 10. The lowest BCUT2D eigenvalue weighted by Crippen LogP contribution is -2.80. The number of aliphatic carboxylic acids is 1. The number of rotatable bonds is 8. The topological polar surface area (TPSA) is 140 Å². The Morgan fingerprint density at radius 2 is 2.16 bits per heavy atom. The summed E-state index contributed by atoms with van der Waals surface area (Å²) in [6, 6.07) is 0. The normalized spacial score (nSPS) is 23.5. The first-order valence-corrected chi connectivity index (χ1v) is 11.3. The predicted molar refractivity (Wildman–Crippen MR) is 104 cm³/mol. The average molecular weight is 501 g/mol. The molecule has 2 aliphatic rings.